The number of nitrogens with zero attached hydrogens (tertiary/aromatic N) is 1. The second-order valence-corrected chi connectivity index (χ2v) is 9.39. The normalized spacial score (nSPS) is 18.7. The number of esters is 1. The molecule has 1 aliphatic carbocycles. The lowest BCUT2D eigenvalue weighted by atomic mass is 9.73. The number of aliphatic hydroxyl groups is 1. The topological polar surface area (TPSA) is 88.1 Å². The number of benzene rings is 2. The first kappa shape index (κ1) is 24.5. The van der Waals surface area contributed by atoms with E-state index in [1.807, 2.05) is 30.3 Å². The fraction of sp³-hybridized carbons (Fsp3) is 0.462. The van der Waals surface area contributed by atoms with E-state index in [1.54, 1.807) is 18.2 Å². The molecule has 1 saturated heterocycles. The van der Waals surface area contributed by atoms with Crippen LogP contribution in [0, 0.1) is 0 Å². The van der Waals surface area contributed by atoms with Gasteiger partial charge in [0.15, 0.2) is 0 Å². The first-order valence-electron chi connectivity index (χ1n) is 11.9. The Kier molecular flexibility index (Phi) is 8.08. The average Bonchev–Trinajstić information content (AvgIpc) is 2.85. The van der Waals surface area contributed by atoms with E-state index in [2.05, 4.69) is 5.32 Å². The van der Waals surface area contributed by atoms with Gasteiger partial charge >= 0.3 is 12.1 Å². The number of hydrogen-bond donors (Lipinski definition) is 2. The number of hydrogen-bond acceptors (Lipinski definition) is 6. The van der Waals surface area contributed by atoms with Crippen molar-refractivity contribution in [2.75, 3.05) is 26.2 Å². The summed E-state index contributed by atoms with van der Waals surface area (Å²) in [7, 11) is 0. The molecule has 0 spiro atoms. The Labute approximate surface area is 205 Å². The number of carbonyl (C=O) groups excluding carboxylic acids is 2. The average molecular weight is 487 g/mol. The van der Waals surface area contributed by atoms with Crippen molar-refractivity contribution in [3.63, 3.8) is 0 Å². The van der Waals surface area contributed by atoms with Gasteiger partial charge in [-0.1, -0.05) is 67.3 Å². The van der Waals surface area contributed by atoms with E-state index in [4.69, 9.17) is 21.1 Å². The van der Waals surface area contributed by atoms with Crippen molar-refractivity contribution in [2.45, 2.75) is 50.2 Å². The van der Waals surface area contributed by atoms with Crippen LogP contribution in [0.2, 0.25) is 5.02 Å². The Morgan fingerprint density at radius 2 is 1.76 bits per heavy atom. The highest BCUT2D eigenvalue weighted by Gasteiger charge is 2.45. The van der Waals surface area contributed by atoms with E-state index in [1.165, 1.54) is 4.90 Å². The lowest BCUT2D eigenvalue weighted by molar-refractivity contribution is -0.149. The standard InChI is InChI=1S/C26H31ClN2O5/c27-21-17-20(9-10-22(21)33-18-19-7-3-1-4-8-19)23(26(32)11-5-2-6-12-26)24(30)34-25(31)29-15-13-28-14-16-29/h1,3-4,7-10,17,23,28,32H,2,5-6,11-16,18H2. The molecule has 2 aromatic rings. The number of rotatable bonds is 6. The zero-order valence-electron chi connectivity index (χ0n) is 19.2. The SMILES string of the molecule is O=C(OC(=O)N1CCNCC1)C(c1ccc(OCc2ccccc2)c(Cl)c1)C1(O)CCCCC1. The van der Waals surface area contributed by atoms with Gasteiger partial charge in [0.25, 0.3) is 0 Å². The van der Waals surface area contributed by atoms with Crippen molar-refractivity contribution >= 4 is 23.7 Å². The largest absolute Gasteiger partial charge is 0.487 e. The van der Waals surface area contributed by atoms with Gasteiger partial charge in [0.1, 0.15) is 18.3 Å². The van der Waals surface area contributed by atoms with Crippen LogP contribution in [-0.2, 0) is 16.1 Å². The third-order valence-electron chi connectivity index (χ3n) is 6.58. The summed E-state index contributed by atoms with van der Waals surface area (Å²) < 4.78 is 11.1. The van der Waals surface area contributed by atoms with E-state index < -0.39 is 23.6 Å². The van der Waals surface area contributed by atoms with Crippen LogP contribution in [0.1, 0.15) is 49.1 Å². The molecular weight excluding hydrogens is 456 g/mol. The fourth-order valence-electron chi connectivity index (χ4n) is 4.72. The summed E-state index contributed by atoms with van der Waals surface area (Å²) in [5.41, 5.74) is 0.223. The lowest BCUT2D eigenvalue weighted by Gasteiger charge is -2.38. The highest BCUT2D eigenvalue weighted by Crippen LogP contribution is 2.42. The van der Waals surface area contributed by atoms with Crippen LogP contribution in [0.5, 0.6) is 5.75 Å². The van der Waals surface area contributed by atoms with E-state index in [0.717, 1.165) is 24.8 Å². The molecule has 2 aromatic carbocycles. The Hall–Kier alpha value is -2.61. The van der Waals surface area contributed by atoms with Crippen molar-refractivity contribution in [1.29, 1.82) is 0 Å². The Morgan fingerprint density at radius 3 is 2.44 bits per heavy atom. The van der Waals surface area contributed by atoms with Gasteiger partial charge in [0, 0.05) is 26.2 Å². The maximum absolute atomic E-state index is 13.3. The van der Waals surface area contributed by atoms with Gasteiger partial charge < -0.3 is 24.8 Å². The highest BCUT2D eigenvalue weighted by atomic mass is 35.5. The molecule has 0 bridgehead atoms. The summed E-state index contributed by atoms with van der Waals surface area (Å²) in [5.74, 6) is -1.28. The summed E-state index contributed by atoms with van der Waals surface area (Å²) >= 11 is 6.52. The molecule has 4 rings (SSSR count). The molecule has 2 fully saturated rings. The molecule has 1 atom stereocenters. The molecule has 1 amide bonds. The molecule has 0 aromatic heterocycles. The predicted molar refractivity (Wildman–Crippen MR) is 129 cm³/mol. The van der Waals surface area contributed by atoms with Crippen molar-refractivity contribution in [3.05, 3.63) is 64.7 Å². The predicted octanol–water partition coefficient (Wildman–Crippen LogP) is 4.27. The van der Waals surface area contributed by atoms with E-state index >= 15 is 0 Å². The number of nitrogens with one attached hydrogen (secondary N) is 1. The first-order valence-corrected chi connectivity index (χ1v) is 12.2. The van der Waals surface area contributed by atoms with E-state index in [9.17, 15) is 14.7 Å². The van der Waals surface area contributed by atoms with Crippen LogP contribution in [0.25, 0.3) is 0 Å². The van der Waals surface area contributed by atoms with Crippen LogP contribution in [0.15, 0.2) is 48.5 Å². The fourth-order valence-corrected chi connectivity index (χ4v) is 4.97. The zero-order valence-corrected chi connectivity index (χ0v) is 19.9. The van der Waals surface area contributed by atoms with Crippen molar-refractivity contribution in [3.8, 4) is 5.75 Å². The first-order chi connectivity index (χ1) is 16.5. The summed E-state index contributed by atoms with van der Waals surface area (Å²) in [6.45, 7) is 2.60. The molecule has 1 saturated carbocycles. The van der Waals surface area contributed by atoms with Crippen molar-refractivity contribution in [2.24, 2.45) is 0 Å². The van der Waals surface area contributed by atoms with Crippen molar-refractivity contribution in [1.82, 2.24) is 10.2 Å². The molecule has 182 valence electrons. The van der Waals surface area contributed by atoms with Gasteiger partial charge in [-0.3, -0.25) is 4.79 Å². The molecule has 7 nitrogen and oxygen atoms in total. The van der Waals surface area contributed by atoms with E-state index in [0.29, 0.717) is 62.0 Å². The molecule has 2 aliphatic rings. The molecule has 8 heteroatoms. The van der Waals surface area contributed by atoms with Crippen LogP contribution < -0.4 is 10.1 Å². The zero-order chi connectivity index (χ0) is 24.0. The molecule has 1 unspecified atom stereocenters. The molecule has 2 N–H and O–H groups in total. The summed E-state index contributed by atoms with van der Waals surface area (Å²) in [6, 6.07) is 14.8. The highest BCUT2D eigenvalue weighted by molar-refractivity contribution is 6.32. The quantitative estimate of drug-likeness (QED) is 0.468. The summed E-state index contributed by atoms with van der Waals surface area (Å²) in [5, 5.41) is 15.0. The molecule has 34 heavy (non-hydrogen) atoms. The Balaban J connectivity index is 1.54. The molecule has 0 radical (unpaired) electrons. The van der Waals surface area contributed by atoms with Gasteiger partial charge in [0.2, 0.25) is 0 Å². The number of halogens is 1. The maximum atomic E-state index is 13.3. The minimum Gasteiger partial charge on any atom is -0.487 e. The number of carbonyl (C=O) groups is 2. The molecular formula is C26H31ClN2O5. The van der Waals surface area contributed by atoms with E-state index in [-0.39, 0.29) is 0 Å². The van der Waals surface area contributed by atoms with Crippen LogP contribution in [-0.4, -0.2) is 53.8 Å². The maximum Gasteiger partial charge on any atom is 0.417 e. The smallest absolute Gasteiger partial charge is 0.417 e. The van der Waals surface area contributed by atoms with Crippen LogP contribution in [0.4, 0.5) is 4.79 Å². The second-order valence-electron chi connectivity index (χ2n) is 8.99. The van der Waals surface area contributed by atoms with Gasteiger partial charge in [-0.2, -0.15) is 0 Å². The van der Waals surface area contributed by atoms with Crippen molar-refractivity contribution < 1.29 is 24.2 Å². The lowest BCUT2D eigenvalue weighted by Crippen LogP contribution is -2.49. The summed E-state index contributed by atoms with van der Waals surface area (Å²) in [4.78, 5) is 27.4. The minimum atomic E-state index is -1.30. The number of amides is 1. The third-order valence-corrected chi connectivity index (χ3v) is 6.88. The minimum absolute atomic E-state index is 0.332. The summed E-state index contributed by atoms with van der Waals surface area (Å²) in [6.07, 6.45) is 2.84. The molecule has 1 heterocycles. The second kappa shape index (κ2) is 11.2. The molecule has 1 aliphatic heterocycles. The van der Waals surface area contributed by atoms with Gasteiger partial charge in [-0.05, 0) is 36.1 Å². The van der Waals surface area contributed by atoms with Crippen LogP contribution in [0.3, 0.4) is 0 Å². The van der Waals surface area contributed by atoms with Crippen LogP contribution >= 0.6 is 11.6 Å². The number of piperazine rings is 1. The Bertz CT molecular complexity index is 988. The van der Waals surface area contributed by atoms with Gasteiger partial charge in [-0.15, -0.1) is 0 Å². The third kappa shape index (κ3) is 5.90. The Morgan fingerprint density at radius 1 is 1.06 bits per heavy atom. The van der Waals surface area contributed by atoms with Gasteiger partial charge in [-0.25, -0.2) is 4.79 Å². The monoisotopic (exact) mass is 486 g/mol. The van der Waals surface area contributed by atoms with Gasteiger partial charge in [0.05, 0.1) is 10.6 Å². The number of ether oxygens (including phenoxy) is 2.